The fourth-order valence-corrected chi connectivity index (χ4v) is 7.24. The molecule has 6 heteroatoms. The monoisotopic (exact) mass is 714 g/mol. The average Bonchev–Trinajstić information content (AvgIpc) is 3.18. The molecule has 0 saturated carbocycles. The SMILES string of the molecule is CC(c1ccccc1)(c1cc(Cc2ccc(O)cc2)c(O)c(Cc2ccc(O)cc2)c1)c1cc(Cc2ccc(O)cc2)c(O)c(Cc2ccc(O)cc2)c1. The molecule has 0 fully saturated rings. The third-order valence-electron chi connectivity index (χ3n) is 10.4. The van der Waals surface area contributed by atoms with Crippen LogP contribution in [0.2, 0.25) is 0 Å². The van der Waals surface area contributed by atoms with Crippen LogP contribution < -0.4 is 0 Å². The Kier molecular flexibility index (Phi) is 10.0. The molecule has 0 amide bonds. The molecular formula is C48H42O6. The summed E-state index contributed by atoms with van der Waals surface area (Å²) >= 11 is 0. The summed E-state index contributed by atoms with van der Waals surface area (Å²) in [6.45, 7) is 2.17. The van der Waals surface area contributed by atoms with Crippen molar-refractivity contribution in [2.24, 2.45) is 0 Å². The molecule has 0 heterocycles. The summed E-state index contributed by atoms with van der Waals surface area (Å²) in [4.78, 5) is 0. The molecule has 0 bridgehead atoms. The number of aromatic hydroxyl groups is 6. The zero-order valence-corrected chi connectivity index (χ0v) is 29.9. The van der Waals surface area contributed by atoms with E-state index < -0.39 is 5.41 Å². The lowest BCUT2D eigenvalue weighted by molar-refractivity contribution is 0.462. The molecule has 7 aromatic rings. The Labute approximate surface area is 315 Å². The van der Waals surface area contributed by atoms with E-state index in [9.17, 15) is 30.6 Å². The molecule has 54 heavy (non-hydrogen) atoms. The molecule has 0 radical (unpaired) electrons. The van der Waals surface area contributed by atoms with Gasteiger partial charge in [0.25, 0.3) is 0 Å². The smallest absolute Gasteiger partial charge is 0.122 e. The number of phenolic OH excluding ortho intramolecular Hbond substituents is 6. The first-order valence-corrected chi connectivity index (χ1v) is 17.9. The highest BCUT2D eigenvalue weighted by Crippen LogP contribution is 2.45. The van der Waals surface area contributed by atoms with E-state index in [1.54, 1.807) is 48.5 Å². The first kappa shape index (κ1) is 35.7. The Bertz CT molecular complexity index is 2080. The molecule has 270 valence electrons. The summed E-state index contributed by atoms with van der Waals surface area (Å²) in [7, 11) is 0. The second-order valence-corrected chi connectivity index (χ2v) is 14.2. The van der Waals surface area contributed by atoms with Gasteiger partial charge in [-0.1, -0.05) is 103 Å². The van der Waals surface area contributed by atoms with Crippen molar-refractivity contribution in [1.82, 2.24) is 0 Å². The van der Waals surface area contributed by atoms with E-state index in [0.29, 0.717) is 25.7 Å². The average molecular weight is 715 g/mol. The van der Waals surface area contributed by atoms with Crippen LogP contribution in [0.4, 0.5) is 0 Å². The summed E-state index contributed by atoms with van der Waals surface area (Å²) in [5.41, 5.74) is 8.69. The maximum atomic E-state index is 11.9. The van der Waals surface area contributed by atoms with Crippen LogP contribution in [-0.2, 0) is 31.1 Å². The number of hydrogen-bond acceptors (Lipinski definition) is 6. The van der Waals surface area contributed by atoms with Crippen molar-refractivity contribution in [3.63, 3.8) is 0 Å². The van der Waals surface area contributed by atoms with Gasteiger partial charge in [0.05, 0.1) is 0 Å². The van der Waals surface area contributed by atoms with E-state index in [4.69, 9.17) is 0 Å². The van der Waals surface area contributed by atoms with Crippen LogP contribution in [0.1, 0.15) is 68.1 Å². The first-order chi connectivity index (χ1) is 26.0. The van der Waals surface area contributed by atoms with Gasteiger partial charge in [-0.15, -0.1) is 0 Å². The summed E-state index contributed by atoms with van der Waals surface area (Å²) in [5, 5.41) is 63.7. The molecule has 0 atom stereocenters. The maximum Gasteiger partial charge on any atom is 0.122 e. The Morgan fingerprint density at radius 2 is 0.593 bits per heavy atom. The predicted octanol–water partition coefficient (Wildman–Crippen LogP) is 9.64. The van der Waals surface area contributed by atoms with Crippen LogP contribution in [-0.4, -0.2) is 30.6 Å². The lowest BCUT2D eigenvalue weighted by Crippen LogP contribution is -2.26. The predicted molar refractivity (Wildman–Crippen MR) is 212 cm³/mol. The van der Waals surface area contributed by atoms with Crippen LogP contribution >= 0.6 is 0 Å². The molecular weight excluding hydrogens is 673 g/mol. The fourth-order valence-electron chi connectivity index (χ4n) is 7.24. The minimum absolute atomic E-state index is 0.167. The van der Waals surface area contributed by atoms with Gasteiger partial charge in [0.1, 0.15) is 34.5 Å². The fraction of sp³-hybridized carbons (Fsp3) is 0.125. The van der Waals surface area contributed by atoms with Gasteiger partial charge in [0.2, 0.25) is 0 Å². The minimum atomic E-state index is -0.788. The summed E-state index contributed by atoms with van der Waals surface area (Å²) in [6.07, 6.45) is 1.67. The van der Waals surface area contributed by atoms with Gasteiger partial charge in [0, 0.05) is 31.1 Å². The van der Waals surface area contributed by atoms with Crippen LogP contribution in [0.25, 0.3) is 0 Å². The van der Waals surface area contributed by atoms with Gasteiger partial charge in [-0.05, 0) is 117 Å². The van der Waals surface area contributed by atoms with Gasteiger partial charge >= 0.3 is 0 Å². The third kappa shape index (κ3) is 7.74. The highest BCUT2D eigenvalue weighted by atomic mass is 16.3. The maximum absolute atomic E-state index is 11.9. The van der Waals surface area contributed by atoms with Crippen molar-refractivity contribution >= 4 is 0 Å². The van der Waals surface area contributed by atoms with E-state index >= 15 is 0 Å². The Hall–Kier alpha value is -6.66. The zero-order valence-electron chi connectivity index (χ0n) is 29.9. The number of phenols is 6. The third-order valence-corrected chi connectivity index (χ3v) is 10.4. The standard InChI is InChI=1S/C48H42O6/c1-48(39-5-3-2-4-6-39,40-27-35(23-31-7-15-42(49)16-8-31)46(53)36(28-40)24-32-9-17-43(50)18-10-32)41-29-37(25-33-11-19-44(51)20-12-33)47(54)38(30-41)26-34-13-21-45(52)22-14-34/h2-22,27-30,49-54H,23-26H2,1H3. The number of rotatable bonds is 11. The van der Waals surface area contributed by atoms with E-state index in [1.807, 2.05) is 66.7 Å². The molecule has 0 saturated heterocycles. The van der Waals surface area contributed by atoms with Crippen molar-refractivity contribution in [2.45, 2.75) is 38.0 Å². The zero-order chi connectivity index (χ0) is 37.8. The Morgan fingerprint density at radius 1 is 0.333 bits per heavy atom. The summed E-state index contributed by atoms with van der Waals surface area (Å²) in [6, 6.07) is 46.4. The van der Waals surface area contributed by atoms with Gasteiger partial charge in [-0.25, -0.2) is 0 Å². The summed E-state index contributed by atoms with van der Waals surface area (Å²) in [5.74, 6) is 1.03. The van der Waals surface area contributed by atoms with Crippen LogP contribution in [0.3, 0.4) is 0 Å². The highest BCUT2D eigenvalue weighted by molar-refractivity contribution is 5.59. The van der Waals surface area contributed by atoms with Crippen molar-refractivity contribution in [2.75, 3.05) is 0 Å². The van der Waals surface area contributed by atoms with E-state index in [2.05, 4.69) is 43.3 Å². The second-order valence-electron chi connectivity index (χ2n) is 14.2. The number of benzene rings is 7. The molecule has 0 aliphatic heterocycles. The van der Waals surface area contributed by atoms with Crippen LogP contribution in [0.5, 0.6) is 34.5 Å². The second kappa shape index (κ2) is 15.1. The van der Waals surface area contributed by atoms with Crippen LogP contribution in [0.15, 0.2) is 152 Å². The molecule has 0 aromatic heterocycles. The Balaban J connectivity index is 1.45. The van der Waals surface area contributed by atoms with Gasteiger partial charge < -0.3 is 30.6 Å². The van der Waals surface area contributed by atoms with Crippen LogP contribution in [0, 0.1) is 0 Å². The quantitative estimate of drug-likeness (QED) is 0.0743. The molecule has 7 aromatic carbocycles. The molecule has 7 rings (SSSR count). The topological polar surface area (TPSA) is 121 Å². The summed E-state index contributed by atoms with van der Waals surface area (Å²) < 4.78 is 0. The molecule has 0 aliphatic carbocycles. The van der Waals surface area contributed by atoms with Crippen molar-refractivity contribution in [3.8, 4) is 34.5 Å². The van der Waals surface area contributed by atoms with Crippen molar-refractivity contribution in [3.05, 3.63) is 213 Å². The lowest BCUT2D eigenvalue weighted by atomic mass is 9.69. The lowest BCUT2D eigenvalue weighted by Gasteiger charge is -2.34. The van der Waals surface area contributed by atoms with Crippen molar-refractivity contribution < 1.29 is 30.6 Å². The van der Waals surface area contributed by atoms with Gasteiger partial charge in [-0.3, -0.25) is 0 Å². The highest BCUT2D eigenvalue weighted by Gasteiger charge is 2.34. The van der Waals surface area contributed by atoms with Gasteiger partial charge in [0.15, 0.2) is 0 Å². The molecule has 6 nitrogen and oxygen atoms in total. The molecule has 0 unspecified atom stereocenters. The minimum Gasteiger partial charge on any atom is -0.508 e. The van der Waals surface area contributed by atoms with E-state index in [0.717, 1.165) is 61.2 Å². The van der Waals surface area contributed by atoms with Gasteiger partial charge in [-0.2, -0.15) is 0 Å². The van der Waals surface area contributed by atoms with Crippen molar-refractivity contribution in [1.29, 1.82) is 0 Å². The first-order valence-electron chi connectivity index (χ1n) is 17.9. The largest absolute Gasteiger partial charge is 0.508 e. The molecule has 0 aliphatic rings. The van der Waals surface area contributed by atoms with E-state index in [-0.39, 0.29) is 34.5 Å². The normalized spacial score (nSPS) is 11.4. The van der Waals surface area contributed by atoms with E-state index in [1.165, 1.54) is 0 Å². The molecule has 6 N–H and O–H groups in total. The molecule has 0 spiro atoms. The Morgan fingerprint density at radius 3 is 0.852 bits per heavy atom. The number of hydrogen-bond donors (Lipinski definition) is 6.